The largest absolute Gasteiger partial charge is 0.453 e. The molecular weight excluding hydrogens is 400 g/mol. The molecule has 0 saturated heterocycles. The number of furan rings is 1. The van der Waals surface area contributed by atoms with Crippen LogP contribution in [0.5, 0.6) is 0 Å². The molecule has 0 N–H and O–H groups in total. The third-order valence-electron chi connectivity index (χ3n) is 8.06. The van der Waals surface area contributed by atoms with Crippen molar-refractivity contribution in [1.82, 2.24) is 9.78 Å². The molecule has 2 aliphatic carbocycles. The van der Waals surface area contributed by atoms with E-state index >= 15 is 0 Å². The number of benzene rings is 2. The highest BCUT2D eigenvalue weighted by Gasteiger charge is 2.62. The number of fused-ring (bicyclic) bond motifs is 6. The molecule has 2 atom stereocenters. The van der Waals surface area contributed by atoms with Crippen LogP contribution in [0.15, 0.2) is 65.1 Å². The predicted molar refractivity (Wildman–Crippen MR) is 122 cm³/mol. The maximum atomic E-state index is 12.8. The second-order valence-corrected chi connectivity index (χ2v) is 9.83. The molecule has 5 heteroatoms. The fourth-order valence-corrected chi connectivity index (χ4v) is 5.95. The normalized spacial score (nSPS) is 22.9. The summed E-state index contributed by atoms with van der Waals surface area (Å²) in [5.41, 5.74) is 5.30. The van der Waals surface area contributed by atoms with Crippen molar-refractivity contribution in [3.05, 3.63) is 83.4 Å². The number of rotatable bonds is 4. The Morgan fingerprint density at radius 2 is 1.88 bits per heavy atom. The Bertz CT molecular complexity index is 1320. The fourth-order valence-electron chi connectivity index (χ4n) is 5.95. The van der Waals surface area contributed by atoms with Crippen molar-refractivity contribution in [3.63, 3.8) is 0 Å². The molecule has 2 heterocycles. The van der Waals surface area contributed by atoms with Crippen molar-refractivity contribution < 1.29 is 13.9 Å². The van der Waals surface area contributed by atoms with E-state index in [1.165, 1.54) is 11.3 Å². The van der Waals surface area contributed by atoms with E-state index in [1.54, 1.807) is 6.07 Å². The smallest absolute Gasteiger partial charge is 0.374 e. The van der Waals surface area contributed by atoms with E-state index in [1.807, 2.05) is 42.5 Å². The van der Waals surface area contributed by atoms with Crippen molar-refractivity contribution in [1.29, 1.82) is 0 Å². The third kappa shape index (κ3) is 2.51. The molecule has 2 aromatic heterocycles. The van der Waals surface area contributed by atoms with E-state index in [9.17, 15) is 4.79 Å². The van der Waals surface area contributed by atoms with E-state index in [0.717, 1.165) is 29.6 Å². The average molecular weight is 427 g/mol. The molecule has 1 fully saturated rings. The standard InChI is InChI=1S/C27H26N2O3/c1-26(2)19-13-14-27(26,3)24-23(19)20(28-29(24)18-10-5-4-6-11-18)16-31-25(30)22-15-17-9-7-8-12-21(17)32-22/h4-12,15,19H,13-14,16H2,1-3H3/t19-,27-/m0/s1. The van der Waals surface area contributed by atoms with Gasteiger partial charge in [0.25, 0.3) is 0 Å². The molecule has 4 aromatic rings. The highest BCUT2D eigenvalue weighted by atomic mass is 16.5. The molecule has 0 radical (unpaired) electrons. The second kappa shape index (κ2) is 6.58. The monoisotopic (exact) mass is 426 g/mol. The Balaban J connectivity index is 1.37. The van der Waals surface area contributed by atoms with Crippen LogP contribution in [0, 0.1) is 5.41 Å². The summed E-state index contributed by atoms with van der Waals surface area (Å²) in [6.07, 6.45) is 2.29. The zero-order valence-electron chi connectivity index (χ0n) is 18.6. The lowest BCUT2D eigenvalue weighted by molar-refractivity contribution is 0.0431. The topological polar surface area (TPSA) is 57.3 Å². The molecule has 0 amide bonds. The summed E-state index contributed by atoms with van der Waals surface area (Å²) >= 11 is 0. The van der Waals surface area contributed by atoms with Crippen LogP contribution in [0.4, 0.5) is 0 Å². The van der Waals surface area contributed by atoms with E-state index in [-0.39, 0.29) is 23.2 Å². The number of nitrogens with zero attached hydrogens (tertiary/aromatic N) is 2. The number of carbonyl (C=O) groups excluding carboxylic acids is 1. The maximum Gasteiger partial charge on any atom is 0.374 e. The number of carbonyl (C=O) groups is 1. The molecule has 1 saturated carbocycles. The molecule has 0 unspecified atom stereocenters. The first kappa shape index (κ1) is 19.4. The van der Waals surface area contributed by atoms with Crippen LogP contribution in [0.25, 0.3) is 16.7 Å². The van der Waals surface area contributed by atoms with Crippen LogP contribution in [0.1, 0.15) is 67.0 Å². The van der Waals surface area contributed by atoms with Gasteiger partial charge in [0.2, 0.25) is 5.76 Å². The fraction of sp³-hybridized carbons (Fsp3) is 0.333. The third-order valence-corrected chi connectivity index (χ3v) is 8.06. The van der Waals surface area contributed by atoms with Crippen molar-refractivity contribution in [2.24, 2.45) is 5.41 Å². The summed E-state index contributed by atoms with van der Waals surface area (Å²) < 4.78 is 13.5. The SMILES string of the molecule is CC1(C)[C@H]2CC[C@@]1(C)c1c2c(COC(=O)c2cc3ccccc3o2)nn1-c1ccccc1. The Hall–Kier alpha value is -3.34. The number of ether oxygens (including phenoxy) is 1. The molecule has 5 nitrogen and oxygen atoms in total. The summed E-state index contributed by atoms with van der Waals surface area (Å²) in [7, 11) is 0. The van der Waals surface area contributed by atoms with Gasteiger partial charge in [0, 0.05) is 16.4 Å². The quantitative estimate of drug-likeness (QED) is 0.367. The van der Waals surface area contributed by atoms with Crippen LogP contribution < -0.4 is 0 Å². The Morgan fingerprint density at radius 3 is 2.66 bits per heavy atom. The van der Waals surface area contributed by atoms with Crippen molar-refractivity contribution in [3.8, 4) is 5.69 Å². The van der Waals surface area contributed by atoms with Crippen molar-refractivity contribution >= 4 is 16.9 Å². The van der Waals surface area contributed by atoms with Crippen LogP contribution in [0.2, 0.25) is 0 Å². The highest BCUT2D eigenvalue weighted by Crippen LogP contribution is 2.68. The first-order valence-corrected chi connectivity index (χ1v) is 11.2. The van der Waals surface area contributed by atoms with Gasteiger partial charge in [0.1, 0.15) is 17.9 Å². The van der Waals surface area contributed by atoms with Gasteiger partial charge in [-0.3, -0.25) is 0 Å². The Labute approximate surface area is 187 Å². The maximum absolute atomic E-state index is 12.8. The van der Waals surface area contributed by atoms with Crippen molar-refractivity contribution in [2.45, 2.75) is 51.6 Å². The van der Waals surface area contributed by atoms with E-state index in [0.29, 0.717) is 11.5 Å². The van der Waals surface area contributed by atoms with Crippen molar-refractivity contribution in [2.75, 3.05) is 0 Å². The first-order valence-electron chi connectivity index (χ1n) is 11.2. The summed E-state index contributed by atoms with van der Waals surface area (Å²) in [6.45, 7) is 7.24. The first-order chi connectivity index (χ1) is 15.4. The highest BCUT2D eigenvalue weighted by molar-refractivity contribution is 5.92. The zero-order chi connectivity index (χ0) is 22.1. The minimum absolute atomic E-state index is 0.0385. The summed E-state index contributed by atoms with van der Waals surface area (Å²) in [5.74, 6) is 0.178. The van der Waals surface area contributed by atoms with Crippen LogP contribution in [-0.2, 0) is 16.8 Å². The van der Waals surface area contributed by atoms with Gasteiger partial charge in [-0.2, -0.15) is 5.10 Å². The average Bonchev–Trinajstić information content (AvgIpc) is 3.49. The summed E-state index contributed by atoms with van der Waals surface area (Å²) in [4.78, 5) is 12.8. The van der Waals surface area contributed by atoms with Gasteiger partial charge in [-0.15, -0.1) is 0 Å². The minimum atomic E-state index is -0.460. The van der Waals surface area contributed by atoms with Gasteiger partial charge in [-0.1, -0.05) is 57.2 Å². The molecule has 2 aliphatic rings. The van der Waals surface area contributed by atoms with Crippen LogP contribution >= 0.6 is 0 Å². The van der Waals surface area contributed by atoms with Gasteiger partial charge in [-0.25, -0.2) is 9.48 Å². The van der Waals surface area contributed by atoms with Crippen LogP contribution in [0.3, 0.4) is 0 Å². The zero-order valence-corrected chi connectivity index (χ0v) is 18.6. The molecule has 0 aliphatic heterocycles. The molecule has 0 spiro atoms. The van der Waals surface area contributed by atoms with Gasteiger partial charge in [0.15, 0.2) is 0 Å². The van der Waals surface area contributed by atoms with E-state index < -0.39 is 5.97 Å². The Morgan fingerprint density at radius 1 is 1.12 bits per heavy atom. The summed E-state index contributed by atoms with van der Waals surface area (Å²) in [6, 6.07) is 19.6. The molecule has 162 valence electrons. The Kier molecular flexibility index (Phi) is 3.98. The lowest BCUT2D eigenvalue weighted by Gasteiger charge is -2.35. The van der Waals surface area contributed by atoms with Gasteiger partial charge >= 0.3 is 5.97 Å². The predicted octanol–water partition coefficient (Wildman–Crippen LogP) is 6.15. The number of aromatic nitrogens is 2. The molecular formula is C27H26N2O3. The van der Waals surface area contributed by atoms with E-state index in [2.05, 4.69) is 37.6 Å². The van der Waals surface area contributed by atoms with Gasteiger partial charge < -0.3 is 9.15 Å². The number of esters is 1. The second-order valence-electron chi connectivity index (χ2n) is 9.83. The van der Waals surface area contributed by atoms with Gasteiger partial charge in [0.05, 0.1) is 11.4 Å². The van der Waals surface area contributed by atoms with Gasteiger partial charge in [-0.05, 0) is 48.4 Å². The summed E-state index contributed by atoms with van der Waals surface area (Å²) in [5, 5.41) is 5.86. The van der Waals surface area contributed by atoms with E-state index in [4.69, 9.17) is 14.3 Å². The number of para-hydroxylation sites is 2. The lowest BCUT2D eigenvalue weighted by Crippen LogP contribution is -2.33. The molecule has 32 heavy (non-hydrogen) atoms. The molecule has 2 aromatic carbocycles. The van der Waals surface area contributed by atoms with Crippen LogP contribution in [-0.4, -0.2) is 15.7 Å². The molecule has 2 bridgehead atoms. The molecule has 6 rings (SSSR count). The number of hydrogen-bond donors (Lipinski definition) is 0. The number of hydrogen-bond acceptors (Lipinski definition) is 4. The minimum Gasteiger partial charge on any atom is -0.453 e. The lowest BCUT2D eigenvalue weighted by atomic mass is 9.70.